The molecule has 1 aliphatic heterocycles. The van der Waals surface area contributed by atoms with E-state index in [-0.39, 0.29) is 24.5 Å². The molecule has 1 amide bonds. The predicted octanol–water partition coefficient (Wildman–Crippen LogP) is 2.63. The van der Waals surface area contributed by atoms with Gasteiger partial charge in [0.2, 0.25) is 5.60 Å². The monoisotopic (exact) mass is 340 g/mol. The van der Waals surface area contributed by atoms with E-state index in [0.29, 0.717) is 12.8 Å². The van der Waals surface area contributed by atoms with Crippen LogP contribution in [0.1, 0.15) is 54.4 Å². The lowest BCUT2D eigenvalue weighted by Gasteiger charge is -2.29. The van der Waals surface area contributed by atoms with Crippen molar-refractivity contribution in [2.75, 3.05) is 6.61 Å². The Labute approximate surface area is 143 Å². The Morgan fingerprint density at radius 1 is 1.42 bits per heavy atom. The predicted molar refractivity (Wildman–Crippen MR) is 88.6 cm³/mol. The highest BCUT2D eigenvalue weighted by Gasteiger charge is 2.63. The first-order valence-corrected chi connectivity index (χ1v) is 8.53. The minimum Gasteiger partial charge on any atom is -0.463 e. The maximum absolute atomic E-state index is 12.5. The number of rotatable bonds is 4. The number of alkyl carbamates (subject to hydrolysis) is 1. The number of carbonyl (C=O) groups is 2. The van der Waals surface area contributed by atoms with Crippen LogP contribution in [0.5, 0.6) is 0 Å². The summed E-state index contributed by atoms with van der Waals surface area (Å²) in [5, 5.41) is 7.03. The summed E-state index contributed by atoms with van der Waals surface area (Å²) in [5.74, 6) is -0.640. The van der Waals surface area contributed by atoms with Gasteiger partial charge in [0.15, 0.2) is 0 Å². The minimum atomic E-state index is -1.13. The molecule has 2 aliphatic rings. The van der Waals surface area contributed by atoms with Gasteiger partial charge in [0.1, 0.15) is 5.60 Å². The highest BCUT2D eigenvalue weighted by Crippen LogP contribution is 2.46. The second-order valence-corrected chi connectivity index (χ2v) is 7.64. The third-order valence-electron chi connectivity index (χ3n) is 4.28. The van der Waals surface area contributed by atoms with E-state index in [4.69, 9.17) is 14.3 Å². The molecule has 1 saturated carbocycles. The lowest BCUT2D eigenvalue weighted by Crippen LogP contribution is -2.51. The van der Waals surface area contributed by atoms with Crippen molar-refractivity contribution in [1.82, 2.24) is 5.32 Å². The fraction of sp³-hybridized carbons (Fsp3) is 0.824. The van der Waals surface area contributed by atoms with Crippen molar-refractivity contribution in [1.29, 1.82) is 0 Å². The molecule has 0 aromatic carbocycles. The van der Waals surface area contributed by atoms with Crippen LogP contribution in [0, 0.1) is 11.8 Å². The van der Waals surface area contributed by atoms with Crippen LogP contribution in [0.3, 0.4) is 0 Å². The van der Waals surface area contributed by atoms with Crippen LogP contribution in [0.15, 0.2) is 5.16 Å². The number of nitrogens with zero attached hydrogens (tertiary/aromatic N) is 1. The number of oxime groups is 1. The Kier molecular flexibility index (Phi) is 5.11. The molecular formula is C17H28N2O5. The molecule has 2 rings (SSSR count). The summed E-state index contributed by atoms with van der Waals surface area (Å²) < 4.78 is 10.5. The molecule has 3 atom stereocenters. The molecule has 3 unspecified atom stereocenters. The third-order valence-corrected chi connectivity index (χ3v) is 4.28. The standard InChI is InChI=1S/C17H28N2O5/c1-7-22-14(20)17-9-8-11(18-15(21)23-16(4,5)6)12(17)13(10(2)3)19-24-17/h10-12H,7-9H2,1-6H3,(H,18,21). The van der Waals surface area contributed by atoms with Gasteiger partial charge in [0.25, 0.3) is 0 Å². The summed E-state index contributed by atoms with van der Waals surface area (Å²) >= 11 is 0. The Balaban J connectivity index is 2.21. The van der Waals surface area contributed by atoms with Gasteiger partial charge in [-0.15, -0.1) is 0 Å². The number of hydrogen-bond acceptors (Lipinski definition) is 6. The van der Waals surface area contributed by atoms with Crippen molar-refractivity contribution in [2.45, 2.75) is 71.6 Å². The number of hydrogen-bond donors (Lipinski definition) is 1. The maximum Gasteiger partial charge on any atom is 0.407 e. The zero-order valence-electron chi connectivity index (χ0n) is 15.3. The summed E-state index contributed by atoms with van der Waals surface area (Å²) in [6.45, 7) is 11.4. The first kappa shape index (κ1) is 18.5. The Morgan fingerprint density at radius 3 is 2.62 bits per heavy atom. The van der Waals surface area contributed by atoms with Crippen molar-refractivity contribution >= 4 is 17.8 Å². The molecule has 1 fully saturated rings. The number of nitrogens with one attached hydrogen (secondary N) is 1. The second kappa shape index (κ2) is 6.61. The summed E-state index contributed by atoms with van der Waals surface area (Å²) in [5.41, 5.74) is -0.932. The zero-order valence-corrected chi connectivity index (χ0v) is 15.3. The van der Waals surface area contributed by atoms with Gasteiger partial charge in [-0.05, 0) is 40.0 Å². The third kappa shape index (κ3) is 3.49. The zero-order chi connectivity index (χ0) is 18.1. The normalized spacial score (nSPS) is 28.9. The lowest BCUT2D eigenvalue weighted by molar-refractivity contribution is -0.171. The van der Waals surface area contributed by atoms with E-state index in [1.54, 1.807) is 6.92 Å². The van der Waals surface area contributed by atoms with Crippen molar-refractivity contribution in [3.8, 4) is 0 Å². The molecule has 1 aliphatic carbocycles. The van der Waals surface area contributed by atoms with E-state index in [1.165, 1.54) is 0 Å². The second-order valence-electron chi connectivity index (χ2n) is 7.64. The summed E-state index contributed by atoms with van der Waals surface area (Å²) in [6.07, 6.45) is 0.563. The maximum atomic E-state index is 12.5. The average Bonchev–Trinajstić information content (AvgIpc) is 2.96. The van der Waals surface area contributed by atoms with Gasteiger partial charge in [-0.2, -0.15) is 0 Å². The van der Waals surface area contributed by atoms with Crippen molar-refractivity contribution < 1.29 is 23.9 Å². The number of amides is 1. The van der Waals surface area contributed by atoms with Crippen LogP contribution in [0.2, 0.25) is 0 Å². The quantitative estimate of drug-likeness (QED) is 0.795. The molecule has 0 spiro atoms. The molecule has 7 heteroatoms. The van der Waals surface area contributed by atoms with E-state index >= 15 is 0 Å². The SMILES string of the molecule is CCOC(=O)C12CCC(NC(=O)OC(C)(C)C)C1C(C(C)C)=NO2. The van der Waals surface area contributed by atoms with Gasteiger partial charge in [0, 0.05) is 12.5 Å². The van der Waals surface area contributed by atoms with Crippen molar-refractivity contribution in [2.24, 2.45) is 17.0 Å². The number of ether oxygens (including phenoxy) is 2. The topological polar surface area (TPSA) is 86.2 Å². The Morgan fingerprint density at radius 2 is 2.08 bits per heavy atom. The van der Waals surface area contributed by atoms with Crippen molar-refractivity contribution in [3.63, 3.8) is 0 Å². The molecule has 0 bridgehead atoms. The van der Waals surface area contributed by atoms with Crippen molar-refractivity contribution in [3.05, 3.63) is 0 Å². The molecule has 0 aromatic heterocycles. The Hall–Kier alpha value is -1.79. The first-order chi connectivity index (χ1) is 11.1. The van der Waals surface area contributed by atoms with E-state index in [9.17, 15) is 9.59 Å². The van der Waals surface area contributed by atoms with Gasteiger partial charge in [0.05, 0.1) is 18.2 Å². The average molecular weight is 340 g/mol. The molecule has 136 valence electrons. The molecule has 7 nitrogen and oxygen atoms in total. The molecule has 24 heavy (non-hydrogen) atoms. The number of carbonyl (C=O) groups excluding carboxylic acids is 2. The van der Waals surface area contributed by atoms with Gasteiger partial charge in [-0.3, -0.25) is 0 Å². The summed E-state index contributed by atoms with van der Waals surface area (Å²) in [7, 11) is 0. The number of esters is 1. The van der Waals surface area contributed by atoms with Gasteiger partial charge in [-0.25, -0.2) is 9.59 Å². The molecule has 1 N–H and O–H groups in total. The molecule has 0 aromatic rings. The minimum absolute atomic E-state index is 0.104. The molecular weight excluding hydrogens is 312 g/mol. The molecule has 0 saturated heterocycles. The number of fused-ring (bicyclic) bond motifs is 1. The van der Waals surface area contributed by atoms with E-state index in [0.717, 1.165) is 5.71 Å². The largest absolute Gasteiger partial charge is 0.463 e. The lowest BCUT2D eigenvalue weighted by atomic mass is 9.81. The first-order valence-electron chi connectivity index (χ1n) is 8.53. The summed E-state index contributed by atoms with van der Waals surface area (Å²) in [4.78, 5) is 30.2. The van der Waals surface area contributed by atoms with E-state index in [2.05, 4.69) is 10.5 Å². The van der Waals surface area contributed by atoms with Crippen LogP contribution in [0.25, 0.3) is 0 Å². The fourth-order valence-electron chi connectivity index (χ4n) is 3.35. The highest BCUT2D eigenvalue weighted by molar-refractivity contribution is 5.98. The fourth-order valence-corrected chi connectivity index (χ4v) is 3.35. The smallest absolute Gasteiger partial charge is 0.407 e. The van der Waals surface area contributed by atoms with Gasteiger partial charge >= 0.3 is 12.1 Å². The Bertz CT molecular complexity index is 538. The summed E-state index contributed by atoms with van der Waals surface area (Å²) in [6, 6.07) is -0.270. The van der Waals surface area contributed by atoms with Crippen LogP contribution >= 0.6 is 0 Å². The van der Waals surface area contributed by atoms with Gasteiger partial charge in [-0.1, -0.05) is 19.0 Å². The van der Waals surface area contributed by atoms with Crippen LogP contribution in [0.4, 0.5) is 4.79 Å². The van der Waals surface area contributed by atoms with Gasteiger partial charge < -0.3 is 19.6 Å². The van der Waals surface area contributed by atoms with E-state index < -0.39 is 23.3 Å². The van der Waals surface area contributed by atoms with Crippen LogP contribution in [-0.4, -0.2) is 41.6 Å². The molecule has 1 heterocycles. The van der Waals surface area contributed by atoms with Crippen LogP contribution < -0.4 is 5.32 Å². The van der Waals surface area contributed by atoms with Crippen LogP contribution in [-0.2, 0) is 19.1 Å². The highest BCUT2D eigenvalue weighted by atomic mass is 16.7. The van der Waals surface area contributed by atoms with E-state index in [1.807, 2.05) is 34.6 Å². The molecule has 0 radical (unpaired) electrons.